The fraction of sp³-hybridized carbons (Fsp3) is 0.300. The average Bonchev–Trinajstić information content (AvgIpc) is 3.10. The molecule has 5 rings (SSSR count). The third-order valence-electron chi connectivity index (χ3n) is 4.72. The van der Waals surface area contributed by atoms with E-state index in [2.05, 4.69) is 55.6 Å². The molecule has 0 radical (unpaired) electrons. The lowest BCUT2D eigenvalue weighted by Gasteiger charge is -2.09. The van der Waals surface area contributed by atoms with Crippen LogP contribution in [0.4, 0.5) is 0 Å². The zero-order valence-electron chi connectivity index (χ0n) is 15.5. The second-order valence-corrected chi connectivity index (χ2v) is 8.82. The van der Waals surface area contributed by atoms with Gasteiger partial charge in [-0.05, 0) is 18.4 Å². The smallest absolute Gasteiger partial charge is 0.191 e. The van der Waals surface area contributed by atoms with Crippen LogP contribution < -0.4 is 0 Å². The standard InChI is InChI=1S/C20H20N6S2/c1-25-11-16(9-21-25)19-22-17(12-27-19)13-28-20-24-23-18(15-7-8-15)26(20)10-14-5-3-2-4-6-14/h2-6,9,11-12,15H,7-8,10,13H2,1H3. The fourth-order valence-corrected chi connectivity index (χ4v) is 4.88. The molecule has 8 heteroatoms. The van der Waals surface area contributed by atoms with E-state index in [1.165, 1.54) is 18.4 Å². The number of thiazole rings is 1. The second kappa shape index (κ2) is 7.52. The van der Waals surface area contributed by atoms with Crippen LogP contribution in [0.3, 0.4) is 0 Å². The molecule has 4 aromatic rings. The molecule has 28 heavy (non-hydrogen) atoms. The summed E-state index contributed by atoms with van der Waals surface area (Å²) in [6.45, 7) is 0.819. The van der Waals surface area contributed by atoms with Gasteiger partial charge in [-0.1, -0.05) is 42.1 Å². The summed E-state index contributed by atoms with van der Waals surface area (Å²) in [6.07, 6.45) is 6.29. The van der Waals surface area contributed by atoms with Crippen molar-refractivity contribution >= 4 is 23.1 Å². The Morgan fingerprint density at radius 3 is 2.79 bits per heavy atom. The molecule has 0 amide bonds. The predicted octanol–water partition coefficient (Wildman–Crippen LogP) is 4.35. The fourth-order valence-electron chi connectivity index (χ4n) is 3.14. The van der Waals surface area contributed by atoms with Crippen molar-refractivity contribution < 1.29 is 0 Å². The zero-order chi connectivity index (χ0) is 18.9. The number of hydrogen-bond acceptors (Lipinski definition) is 6. The van der Waals surface area contributed by atoms with Gasteiger partial charge in [-0.3, -0.25) is 4.68 Å². The first-order chi connectivity index (χ1) is 13.8. The first kappa shape index (κ1) is 17.6. The lowest BCUT2D eigenvalue weighted by Crippen LogP contribution is -2.06. The molecule has 0 N–H and O–H groups in total. The Hall–Kier alpha value is -2.45. The number of nitrogens with zero attached hydrogens (tertiary/aromatic N) is 6. The molecule has 0 bridgehead atoms. The van der Waals surface area contributed by atoms with E-state index in [0.29, 0.717) is 5.92 Å². The van der Waals surface area contributed by atoms with Crippen molar-refractivity contribution in [3.05, 3.63) is 65.2 Å². The average molecular weight is 409 g/mol. The highest BCUT2D eigenvalue weighted by atomic mass is 32.2. The van der Waals surface area contributed by atoms with Crippen molar-refractivity contribution in [3.8, 4) is 10.6 Å². The first-order valence-corrected chi connectivity index (χ1v) is 11.2. The van der Waals surface area contributed by atoms with E-state index < -0.39 is 0 Å². The molecule has 3 aromatic heterocycles. The SMILES string of the molecule is Cn1cc(-c2nc(CSc3nnc(C4CC4)n3Cc3ccccc3)cs2)cn1. The van der Waals surface area contributed by atoms with Gasteiger partial charge in [0, 0.05) is 35.9 Å². The highest BCUT2D eigenvalue weighted by molar-refractivity contribution is 7.98. The number of aromatic nitrogens is 6. The van der Waals surface area contributed by atoms with Crippen LogP contribution in [0.5, 0.6) is 0 Å². The highest BCUT2D eigenvalue weighted by Gasteiger charge is 2.30. The van der Waals surface area contributed by atoms with Crippen molar-refractivity contribution in [3.63, 3.8) is 0 Å². The summed E-state index contributed by atoms with van der Waals surface area (Å²) in [5.41, 5.74) is 3.40. The molecule has 1 aliphatic carbocycles. The maximum absolute atomic E-state index is 4.76. The largest absolute Gasteiger partial charge is 0.301 e. The van der Waals surface area contributed by atoms with E-state index >= 15 is 0 Å². The van der Waals surface area contributed by atoms with E-state index in [-0.39, 0.29) is 0 Å². The van der Waals surface area contributed by atoms with E-state index in [9.17, 15) is 0 Å². The molecule has 1 saturated carbocycles. The molecular formula is C20H20N6S2. The van der Waals surface area contributed by atoms with Gasteiger partial charge >= 0.3 is 0 Å². The van der Waals surface area contributed by atoms with Crippen molar-refractivity contribution in [1.29, 1.82) is 0 Å². The number of rotatable bonds is 7. The summed E-state index contributed by atoms with van der Waals surface area (Å²) >= 11 is 3.37. The Balaban J connectivity index is 1.33. The lowest BCUT2D eigenvalue weighted by atomic mass is 10.2. The quantitative estimate of drug-likeness (QED) is 0.425. The Bertz CT molecular complexity index is 1080. The van der Waals surface area contributed by atoms with E-state index in [1.807, 2.05) is 19.4 Å². The molecule has 0 saturated heterocycles. The van der Waals surface area contributed by atoms with Gasteiger partial charge in [-0.15, -0.1) is 21.5 Å². The second-order valence-electron chi connectivity index (χ2n) is 7.02. The third kappa shape index (κ3) is 3.74. The normalized spacial score (nSPS) is 13.9. The summed E-state index contributed by atoms with van der Waals surface area (Å²) in [6, 6.07) is 10.5. The Morgan fingerprint density at radius 2 is 2.04 bits per heavy atom. The van der Waals surface area contributed by atoms with Gasteiger partial charge < -0.3 is 4.57 Å². The van der Waals surface area contributed by atoms with Crippen LogP contribution in [0, 0.1) is 0 Å². The van der Waals surface area contributed by atoms with Crippen LogP contribution >= 0.6 is 23.1 Å². The van der Waals surface area contributed by atoms with Crippen molar-refractivity contribution in [2.75, 3.05) is 0 Å². The summed E-state index contributed by atoms with van der Waals surface area (Å²) in [7, 11) is 1.92. The van der Waals surface area contributed by atoms with Crippen LogP contribution in [0.2, 0.25) is 0 Å². The van der Waals surface area contributed by atoms with Gasteiger partial charge in [0.05, 0.1) is 18.4 Å². The first-order valence-electron chi connectivity index (χ1n) is 9.29. The van der Waals surface area contributed by atoms with Crippen LogP contribution in [-0.2, 0) is 19.3 Å². The number of hydrogen-bond donors (Lipinski definition) is 0. The maximum atomic E-state index is 4.76. The van der Waals surface area contributed by atoms with Gasteiger partial charge in [0.2, 0.25) is 0 Å². The summed E-state index contributed by atoms with van der Waals surface area (Å²) in [5, 5.41) is 17.3. The summed E-state index contributed by atoms with van der Waals surface area (Å²) < 4.78 is 4.09. The molecule has 6 nitrogen and oxygen atoms in total. The lowest BCUT2D eigenvalue weighted by molar-refractivity contribution is 0.667. The molecule has 142 valence electrons. The molecule has 0 aliphatic heterocycles. The molecule has 0 atom stereocenters. The van der Waals surface area contributed by atoms with Crippen molar-refractivity contribution in [2.45, 2.75) is 36.2 Å². The maximum Gasteiger partial charge on any atom is 0.191 e. The van der Waals surface area contributed by atoms with Gasteiger partial charge in [0.1, 0.15) is 10.8 Å². The van der Waals surface area contributed by atoms with Gasteiger partial charge in [-0.25, -0.2) is 4.98 Å². The number of aryl methyl sites for hydroxylation is 1. The topological polar surface area (TPSA) is 61.4 Å². The minimum Gasteiger partial charge on any atom is -0.301 e. The van der Waals surface area contributed by atoms with Crippen LogP contribution in [0.1, 0.15) is 35.8 Å². The summed E-state index contributed by atoms with van der Waals surface area (Å²) in [5.74, 6) is 2.48. The molecule has 0 spiro atoms. The predicted molar refractivity (Wildman–Crippen MR) is 111 cm³/mol. The Morgan fingerprint density at radius 1 is 1.18 bits per heavy atom. The van der Waals surface area contributed by atoms with Gasteiger partial charge in [0.15, 0.2) is 5.16 Å². The number of thioether (sulfide) groups is 1. The van der Waals surface area contributed by atoms with Crippen LogP contribution in [0.15, 0.2) is 53.3 Å². The van der Waals surface area contributed by atoms with E-state index in [1.54, 1.807) is 27.8 Å². The van der Waals surface area contributed by atoms with Crippen molar-refractivity contribution in [2.24, 2.45) is 7.05 Å². The minimum atomic E-state index is 0.571. The number of benzene rings is 1. The minimum absolute atomic E-state index is 0.571. The molecular weight excluding hydrogens is 388 g/mol. The van der Waals surface area contributed by atoms with E-state index in [0.717, 1.165) is 39.5 Å². The third-order valence-corrected chi connectivity index (χ3v) is 6.66. The van der Waals surface area contributed by atoms with Gasteiger partial charge in [-0.2, -0.15) is 5.10 Å². The van der Waals surface area contributed by atoms with E-state index in [4.69, 9.17) is 4.98 Å². The monoisotopic (exact) mass is 408 g/mol. The molecule has 0 unspecified atom stereocenters. The Kier molecular flexibility index (Phi) is 4.74. The highest BCUT2D eigenvalue weighted by Crippen LogP contribution is 2.40. The van der Waals surface area contributed by atoms with Gasteiger partial charge in [0.25, 0.3) is 0 Å². The molecule has 3 heterocycles. The van der Waals surface area contributed by atoms with Crippen LogP contribution in [-0.4, -0.2) is 29.5 Å². The molecule has 1 fully saturated rings. The van der Waals surface area contributed by atoms with Crippen molar-refractivity contribution in [1.82, 2.24) is 29.5 Å². The summed E-state index contributed by atoms with van der Waals surface area (Å²) in [4.78, 5) is 4.76. The van der Waals surface area contributed by atoms with Crippen LogP contribution in [0.25, 0.3) is 10.6 Å². The Labute approximate surface area is 171 Å². The zero-order valence-corrected chi connectivity index (χ0v) is 17.2. The molecule has 1 aromatic carbocycles. The molecule has 1 aliphatic rings.